The zero-order valence-corrected chi connectivity index (χ0v) is 13.6. The van der Waals surface area contributed by atoms with Gasteiger partial charge in [0.15, 0.2) is 0 Å². The molecule has 0 saturated carbocycles. The van der Waals surface area contributed by atoms with Crippen molar-refractivity contribution in [1.82, 2.24) is 10.2 Å². The van der Waals surface area contributed by atoms with E-state index in [9.17, 15) is 0 Å². The van der Waals surface area contributed by atoms with Crippen molar-refractivity contribution in [3.8, 4) is 0 Å². The van der Waals surface area contributed by atoms with Crippen LogP contribution in [0, 0.1) is 5.92 Å². The van der Waals surface area contributed by atoms with Gasteiger partial charge in [0.05, 0.1) is 0 Å². The maximum absolute atomic E-state index is 3.70. The molecule has 1 N–H and O–H groups in total. The molecule has 1 atom stereocenters. The van der Waals surface area contributed by atoms with Crippen molar-refractivity contribution in [3.05, 3.63) is 34.3 Å². The molecular weight excluding hydrogens is 300 g/mol. The molecule has 0 aliphatic carbocycles. The van der Waals surface area contributed by atoms with Gasteiger partial charge in [-0.05, 0) is 76.5 Å². The van der Waals surface area contributed by atoms with Gasteiger partial charge in [-0.2, -0.15) is 0 Å². The van der Waals surface area contributed by atoms with Gasteiger partial charge < -0.3 is 10.2 Å². The second-order valence-electron chi connectivity index (χ2n) is 5.89. The molecule has 0 radical (unpaired) electrons. The normalized spacial score (nSPS) is 19.5. The Kier molecular flexibility index (Phi) is 5.86. The summed E-state index contributed by atoms with van der Waals surface area (Å²) >= 11 is 3.48. The largest absolute Gasteiger partial charge is 0.314 e. The summed E-state index contributed by atoms with van der Waals surface area (Å²) in [4.78, 5) is 2.43. The molecule has 0 amide bonds. The van der Waals surface area contributed by atoms with Crippen molar-refractivity contribution in [1.29, 1.82) is 0 Å². The fourth-order valence-electron chi connectivity index (χ4n) is 2.68. The third-order valence-electron chi connectivity index (χ3n) is 4.05. The van der Waals surface area contributed by atoms with E-state index >= 15 is 0 Å². The zero-order chi connectivity index (χ0) is 13.7. The predicted octanol–water partition coefficient (Wildman–Crippen LogP) is 3.31. The number of rotatable bonds is 5. The summed E-state index contributed by atoms with van der Waals surface area (Å²) in [5.74, 6) is 0.864. The Labute approximate surface area is 125 Å². The Hall–Kier alpha value is -0.380. The molecule has 1 aliphatic heterocycles. The first kappa shape index (κ1) is 15.0. The zero-order valence-electron chi connectivity index (χ0n) is 12.0. The van der Waals surface area contributed by atoms with Gasteiger partial charge in [0.1, 0.15) is 0 Å². The molecule has 106 valence electrons. The van der Waals surface area contributed by atoms with Crippen molar-refractivity contribution in [2.45, 2.75) is 32.2 Å². The Morgan fingerprint density at radius 2 is 1.89 bits per heavy atom. The molecule has 0 spiro atoms. The lowest BCUT2D eigenvalue weighted by atomic mass is 9.96. The quantitative estimate of drug-likeness (QED) is 0.893. The van der Waals surface area contributed by atoms with Crippen LogP contribution < -0.4 is 5.32 Å². The van der Waals surface area contributed by atoms with Crippen LogP contribution in [0.2, 0.25) is 0 Å². The number of likely N-dealkylation sites (tertiary alicyclic amines) is 1. The molecule has 1 unspecified atom stereocenters. The van der Waals surface area contributed by atoms with Crippen LogP contribution in [0.5, 0.6) is 0 Å². The molecule has 2 nitrogen and oxygen atoms in total. The van der Waals surface area contributed by atoms with Crippen LogP contribution >= 0.6 is 15.9 Å². The summed E-state index contributed by atoms with van der Waals surface area (Å²) in [5, 5.41) is 3.70. The molecule has 0 aromatic heterocycles. The predicted molar refractivity (Wildman–Crippen MR) is 85.5 cm³/mol. The lowest BCUT2D eigenvalue weighted by Gasteiger charge is -2.30. The smallest absolute Gasteiger partial charge is 0.0175 e. The second kappa shape index (κ2) is 7.41. The van der Waals surface area contributed by atoms with Gasteiger partial charge in [0.25, 0.3) is 0 Å². The number of piperidine rings is 1. The number of nitrogens with zero attached hydrogens (tertiary/aromatic N) is 1. The SMILES string of the molecule is CC(Cc1ccc(Br)cc1)NCC1CCN(C)CC1. The van der Waals surface area contributed by atoms with Crippen molar-refractivity contribution in [2.24, 2.45) is 5.92 Å². The molecule has 3 heteroatoms. The molecule has 1 aromatic carbocycles. The molecular formula is C16H25BrN2. The van der Waals surface area contributed by atoms with Crippen LogP contribution in [-0.2, 0) is 6.42 Å². The van der Waals surface area contributed by atoms with Crippen LogP contribution in [0.4, 0.5) is 0 Å². The summed E-state index contributed by atoms with van der Waals surface area (Å²) in [7, 11) is 2.22. The molecule has 19 heavy (non-hydrogen) atoms. The van der Waals surface area contributed by atoms with E-state index < -0.39 is 0 Å². The van der Waals surface area contributed by atoms with Crippen LogP contribution in [0.1, 0.15) is 25.3 Å². The van der Waals surface area contributed by atoms with Gasteiger partial charge in [-0.25, -0.2) is 0 Å². The summed E-state index contributed by atoms with van der Waals surface area (Å²) in [6.07, 6.45) is 3.79. The Morgan fingerprint density at radius 1 is 1.26 bits per heavy atom. The lowest BCUT2D eigenvalue weighted by molar-refractivity contribution is 0.213. The lowest BCUT2D eigenvalue weighted by Crippen LogP contribution is -2.38. The Bertz CT molecular complexity index is 369. The highest BCUT2D eigenvalue weighted by atomic mass is 79.9. The molecule has 1 heterocycles. The number of benzene rings is 1. The standard InChI is InChI=1S/C16H25BrN2/c1-13(11-14-3-5-16(17)6-4-14)18-12-15-7-9-19(2)10-8-15/h3-6,13,15,18H,7-12H2,1-2H3. The first-order valence-corrected chi connectivity index (χ1v) is 8.09. The van der Waals surface area contributed by atoms with Gasteiger partial charge in [-0.15, -0.1) is 0 Å². The molecule has 1 fully saturated rings. The Morgan fingerprint density at radius 3 is 2.53 bits per heavy atom. The van der Waals surface area contributed by atoms with Crippen LogP contribution in [-0.4, -0.2) is 37.6 Å². The first-order valence-electron chi connectivity index (χ1n) is 7.30. The van der Waals surface area contributed by atoms with E-state index in [0.717, 1.165) is 16.8 Å². The van der Waals surface area contributed by atoms with E-state index in [1.165, 1.54) is 38.0 Å². The van der Waals surface area contributed by atoms with Gasteiger partial charge in [-0.1, -0.05) is 28.1 Å². The van der Waals surface area contributed by atoms with Gasteiger partial charge in [-0.3, -0.25) is 0 Å². The average molecular weight is 325 g/mol. The van der Waals surface area contributed by atoms with Crippen LogP contribution in [0.3, 0.4) is 0 Å². The molecule has 0 bridgehead atoms. The van der Waals surface area contributed by atoms with Crippen molar-refractivity contribution >= 4 is 15.9 Å². The Balaban J connectivity index is 1.69. The number of hydrogen-bond acceptors (Lipinski definition) is 2. The van der Waals surface area contributed by atoms with E-state index in [1.807, 2.05) is 0 Å². The minimum atomic E-state index is 0.556. The fraction of sp³-hybridized carbons (Fsp3) is 0.625. The first-order chi connectivity index (χ1) is 9.13. The minimum absolute atomic E-state index is 0.556. The minimum Gasteiger partial charge on any atom is -0.314 e. The summed E-state index contributed by atoms with van der Waals surface area (Å²) in [6.45, 7) is 5.98. The number of hydrogen-bond donors (Lipinski definition) is 1. The van der Waals surface area contributed by atoms with E-state index in [1.54, 1.807) is 0 Å². The maximum atomic E-state index is 3.70. The van der Waals surface area contributed by atoms with Crippen molar-refractivity contribution in [3.63, 3.8) is 0 Å². The van der Waals surface area contributed by atoms with Gasteiger partial charge in [0.2, 0.25) is 0 Å². The number of nitrogens with one attached hydrogen (secondary N) is 1. The average Bonchev–Trinajstić information content (AvgIpc) is 2.41. The van der Waals surface area contributed by atoms with E-state index in [-0.39, 0.29) is 0 Å². The van der Waals surface area contributed by atoms with E-state index in [2.05, 4.69) is 64.4 Å². The fourth-order valence-corrected chi connectivity index (χ4v) is 2.94. The highest BCUT2D eigenvalue weighted by Crippen LogP contribution is 2.16. The second-order valence-corrected chi connectivity index (χ2v) is 6.80. The van der Waals surface area contributed by atoms with Crippen molar-refractivity contribution < 1.29 is 0 Å². The molecule has 1 aromatic rings. The number of halogens is 1. The summed E-state index contributed by atoms with van der Waals surface area (Å²) in [5.41, 5.74) is 1.41. The molecule has 1 saturated heterocycles. The third-order valence-corrected chi connectivity index (χ3v) is 4.58. The maximum Gasteiger partial charge on any atom is 0.0175 e. The topological polar surface area (TPSA) is 15.3 Å². The third kappa shape index (κ3) is 5.25. The van der Waals surface area contributed by atoms with Gasteiger partial charge in [0, 0.05) is 10.5 Å². The monoisotopic (exact) mass is 324 g/mol. The summed E-state index contributed by atoms with van der Waals surface area (Å²) < 4.78 is 1.16. The van der Waals surface area contributed by atoms with Crippen LogP contribution in [0.25, 0.3) is 0 Å². The van der Waals surface area contributed by atoms with Crippen LogP contribution in [0.15, 0.2) is 28.7 Å². The molecule has 1 aliphatic rings. The van der Waals surface area contributed by atoms with Crippen molar-refractivity contribution in [2.75, 3.05) is 26.7 Å². The highest BCUT2D eigenvalue weighted by molar-refractivity contribution is 9.10. The van der Waals surface area contributed by atoms with E-state index in [0.29, 0.717) is 6.04 Å². The van der Waals surface area contributed by atoms with Gasteiger partial charge >= 0.3 is 0 Å². The van der Waals surface area contributed by atoms with E-state index in [4.69, 9.17) is 0 Å². The molecule has 2 rings (SSSR count). The highest BCUT2D eigenvalue weighted by Gasteiger charge is 2.16. The summed E-state index contributed by atoms with van der Waals surface area (Å²) in [6, 6.07) is 9.22.